The standard InChI is InChI=1S/C22H27N3O2.ClH/c1-15-9-10-17(21(27)25-12-11-19(23)22(2,3)14-25)13-18(15)24-20(26)16-7-5-4-6-8-16;/h4-10,13,19H,11-12,14,23H2,1-3H3,(H,24,26);1H. The van der Waals surface area contributed by atoms with Crippen molar-refractivity contribution < 1.29 is 9.59 Å². The zero-order valence-corrected chi connectivity index (χ0v) is 17.4. The molecule has 0 saturated carbocycles. The van der Waals surface area contributed by atoms with Crippen LogP contribution < -0.4 is 11.1 Å². The van der Waals surface area contributed by atoms with Gasteiger partial charge in [-0.2, -0.15) is 0 Å². The van der Waals surface area contributed by atoms with Crippen molar-refractivity contribution in [2.45, 2.75) is 33.2 Å². The minimum absolute atomic E-state index is 0. The van der Waals surface area contributed by atoms with Crippen LogP contribution in [0.25, 0.3) is 0 Å². The highest BCUT2D eigenvalue weighted by molar-refractivity contribution is 6.05. The Labute approximate surface area is 172 Å². The molecular weight excluding hydrogens is 374 g/mol. The van der Waals surface area contributed by atoms with E-state index in [-0.39, 0.29) is 35.7 Å². The lowest BCUT2D eigenvalue weighted by Gasteiger charge is -2.42. The predicted molar refractivity (Wildman–Crippen MR) is 115 cm³/mol. The molecule has 0 radical (unpaired) electrons. The normalized spacial score (nSPS) is 18.1. The molecule has 2 amide bonds. The van der Waals surface area contributed by atoms with E-state index in [2.05, 4.69) is 19.2 Å². The molecule has 0 aromatic heterocycles. The number of halogens is 1. The Bertz CT molecular complexity index is 852. The number of hydrogen-bond acceptors (Lipinski definition) is 3. The first-order valence-corrected chi connectivity index (χ1v) is 9.30. The second-order valence-electron chi connectivity index (χ2n) is 7.96. The van der Waals surface area contributed by atoms with Crippen LogP contribution in [0.4, 0.5) is 5.69 Å². The summed E-state index contributed by atoms with van der Waals surface area (Å²) in [6, 6.07) is 14.6. The van der Waals surface area contributed by atoms with E-state index in [4.69, 9.17) is 5.73 Å². The van der Waals surface area contributed by atoms with E-state index in [0.717, 1.165) is 12.0 Å². The summed E-state index contributed by atoms with van der Waals surface area (Å²) < 4.78 is 0. The van der Waals surface area contributed by atoms with Gasteiger partial charge in [0.15, 0.2) is 0 Å². The molecule has 2 aromatic carbocycles. The van der Waals surface area contributed by atoms with Crippen molar-refractivity contribution in [3.8, 4) is 0 Å². The predicted octanol–water partition coefficient (Wildman–Crippen LogP) is 3.87. The van der Waals surface area contributed by atoms with Crippen LogP contribution in [0.2, 0.25) is 0 Å². The second-order valence-corrected chi connectivity index (χ2v) is 7.96. The first kappa shape index (κ1) is 21.9. The Kier molecular flexibility index (Phi) is 6.86. The number of nitrogens with zero attached hydrogens (tertiary/aromatic N) is 1. The minimum Gasteiger partial charge on any atom is -0.338 e. The fourth-order valence-electron chi connectivity index (χ4n) is 3.40. The third-order valence-electron chi connectivity index (χ3n) is 5.37. The summed E-state index contributed by atoms with van der Waals surface area (Å²) in [4.78, 5) is 27.3. The maximum Gasteiger partial charge on any atom is 0.255 e. The van der Waals surface area contributed by atoms with Gasteiger partial charge in [-0.15, -0.1) is 12.4 Å². The van der Waals surface area contributed by atoms with Crippen molar-refractivity contribution >= 4 is 29.9 Å². The van der Waals surface area contributed by atoms with Gasteiger partial charge in [0.1, 0.15) is 0 Å². The van der Waals surface area contributed by atoms with Crippen LogP contribution in [-0.4, -0.2) is 35.8 Å². The molecule has 1 saturated heterocycles. The smallest absolute Gasteiger partial charge is 0.255 e. The van der Waals surface area contributed by atoms with E-state index >= 15 is 0 Å². The quantitative estimate of drug-likeness (QED) is 0.819. The van der Waals surface area contributed by atoms with Gasteiger partial charge in [-0.05, 0) is 48.6 Å². The lowest BCUT2D eigenvalue weighted by atomic mass is 9.79. The summed E-state index contributed by atoms with van der Waals surface area (Å²) in [7, 11) is 0. The first-order valence-electron chi connectivity index (χ1n) is 9.30. The van der Waals surface area contributed by atoms with Crippen molar-refractivity contribution in [1.29, 1.82) is 0 Å². The Morgan fingerprint density at radius 2 is 1.79 bits per heavy atom. The topological polar surface area (TPSA) is 75.4 Å². The van der Waals surface area contributed by atoms with E-state index in [0.29, 0.717) is 29.9 Å². The molecule has 3 rings (SSSR count). The summed E-state index contributed by atoms with van der Waals surface area (Å²) in [5.41, 5.74) is 8.81. The average molecular weight is 402 g/mol. The monoisotopic (exact) mass is 401 g/mol. The molecule has 5 nitrogen and oxygen atoms in total. The highest BCUT2D eigenvalue weighted by atomic mass is 35.5. The molecule has 1 heterocycles. The van der Waals surface area contributed by atoms with Gasteiger partial charge in [-0.1, -0.05) is 38.1 Å². The third-order valence-corrected chi connectivity index (χ3v) is 5.37. The van der Waals surface area contributed by atoms with Gasteiger partial charge in [0.05, 0.1) is 0 Å². The molecular formula is C22H28ClN3O2. The van der Waals surface area contributed by atoms with Crippen LogP contribution in [0, 0.1) is 12.3 Å². The molecule has 1 fully saturated rings. The van der Waals surface area contributed by atoms with E-state index in [1.807, 2.05) is 42.2 Å². The van der Waals surface area contributed by atoms with Crippen LogP contribution in [0.3, 0.4) is 0 Å². The number of nitrogens with two attached hydrogens (primary N) is 1. The van der Waals surface area contributed by atoms with E-state index in [1.54, 1.807) is 18.2 Å². The van der Waals surface area contributed by atoms with Gasteiger partial charge in [-0.25, -0.2) is 0 Å². The van der Waals surface area contributed by atoms with E-state index < -0.39 is 0 Å². The van der Waals surface area contributed by atoms with Gasteiger partial charge in [-0.3, -0.25) is 9.59 Å². The van der Waals surface area contributed by atoms with Crippen LogP contribution in [0.15, 0.2) is 48.5 Å². The van der Waals surface area contributed by atoms with Crippen molar-refractivity contribution in [3.63, 3.8) is 0 Å². The molecule has 28 heavy (non-hydrogen) atoms. The lowest BCUT2D eigenvalue weighted by molar-refractivity contribution is 0.0533. The number of aryl methyl sites for hydroxylation is 1. The summed E-state index contributed by atoms with van der Waals surface area (Å²) in [6.45, 7) is 7.39. The van der Waals surface area contributed by atoms with Gasteiger partial charge >= 0.3 is 0 Å². The maximum absolute atomic E-state index is 13.0. The van der Waals surface area contributed by atoms with Crippen LogP contribution in [0.5, 0.6) is 0 Å². The number of hydrogen-bond donors (Lipinski definition) is 2. The van der Waals surface area contributed by atoms with Crippen molar-refractivity contribution in [2.24, 2.45) is 11.1 Å². The van der Waals surface area contributed by atoms with Crippen molar-refractivity contribution in [1.82, 2.24) is 4.90 Å². The number of nitrogens with one attached hydrogen (secondary N) is 1. The van der Waals surface area contributed by atoms with E-state index in [1.165, 1.54) is 0 Å². The number of piperidine rings is 1. The fourth-order valence-corrected chi connectivity index (χ4v) is 3.40. The number of amides is 2. The molecule has 2 aromatic rings. The summed E-state index contributed by atoms with van der Waals surface area (Å²) in [6.07, 6.45) is 0.794. The highest BCUT2D eigenvalue weighted by Gasteiger charge is 2.35. The van der Waals surface area contributed by atoms with Gasteiger partial charge in [0.25, 0.3) is 11.8 Å². The molecule has 1 aliphatic rings. The number of carbonyl (C=O) groups excluding carboxylic acids is 2. The number of rotatable bonds is 3. The van der Waals surface area contributed by atoms with Gasteiger partial charge < -0.3 is 16.0 Å². The Morgan fingerprint density at radius 1 is 1.11 bits per heavy atom. The molecule has 150 valence electrons. The largest absolute Gasteiger partial charge is 0.338 e. The fraction of sp³-hybridized carbons (Fsp3) is 0.364. The zero-order chi connectivity index (χ0) is 19.6. The minimum atomic E-state index is -0.187. The number of anilines is 1. The second kappa shape index (κ2) is 8.76. The summed E-state index contributed by atoms with van der Waals surface area (Å²) in [5.74, 6) is -0.210. The Morgan fingerprint density at radius 3 is 2.43 bits per heavy atom. The van der Waals surface area contributed by atoms with Crippen LogP contribution in [-0.2, 0) is 0 Å². The Hall–Kier alpha value is -2.37. The zero-order valence-electron chi connectivity index (χ0n) is 16.6. The van der Waals surface area contributed by atoms with Crippen LogP contribution >= 0.6 is 12.4 Å². The summed E-state index contributed by atoms with van der Waals surface area (Å²) >= 11 is 0. The molecule has 3 N–H and O–H groups in total. The molecule has 1 atom stereocenters. The van der Waals surface area contributed by atoms with Gasteiger partial charge in [0, 0.05) is 35.9 Å². The third kappa shape index (κ3) is 4.72. The first-order chi connectivity index (χ1) is 12.8. The van der Waals surface area contributed by atoms with Gasteiger partial charge in [0.2, 0.25) is 0 Å². The maximum atomic E-state index is 13.0. The molecule has 0 aliphatic carbocycles. The highest BCUT2D eigenvalue weighted by Crippen LogP contribution is 2.29. The van der Waals surface area contributed by atoms with Crippen molar-refractivity contribution in [2.75, 3.05) is 18.4 Å². The number of carbonyl (C=O) groups is 2. The lowest BCUT2D eigenvalue weighted by Crippen LogP contribution is -2.54. The number of benzene rings is 2. The molecule has 1 unspecified atom stereocenters. The van der Waals surface area contributed by atoms with E-state index in [9.17, 15) is 9.59 Å². The summed E-state index contributed by atoms with van der Waals surface area (Å²) in [5, 5.41) is 2.92. The SMILES string of the molecule is Cc1ccc(C(=O)N2CCC(N)C(C)(C)C2)cc1NC(=O)c1ccccc1.Cl. The van der Waals surface area contributed by atoms with Crippen molar-refractivity contribution in [3.05, 3.63) is 65.2 Å². The molecule has 0 bridgehead atoms. The Balaban J connectivity index is 0.00000280. The molecule has 0 spiro atoms. The van der Waals surface area contributed by atoms with Crippen LogP contribution in [0.1, 0.15) is 46.5 Å². The molecule has 6 heteroatoms. The average Bonchev–Trinajstić information content (AvgIpc) is 2.65. The number of likely N-dealkylation sites (tertiary alicyclic amines) is 1. The molecule has 1 aliphatic heterocycles.